The van der Waals surface area contributed by atoms with Crippen LogP contribution in [-0.4, -0.2) is 36.1 Å². The molecule has 1 fully saturated rings. The Morgan fingerprint density at radius 3 is 2.85 bits per heavy atom. The van der Waals surface area contributed by atoms with Crippen molar-refractivity contribution < 1.29 is 9.53 Å². The number of amides is 1. The van der Waals surface area contributed by atoms with Crippen LogP contribution in [0.2, 0.25) is 0 Å². The molecule has 0 radical (unpaired) electrons. The predicted octanol–water partition coefficient (Wildman–Crippen LogP) is 2.64. The first-order valence-electron chi connectivity index (χ1n) is 6.81. The summed E-state index contributed by atoms with van der Waals surface area (Å²) in [7, 11) is 0. The van der Waals surface area contributed by atoms with E-state index in [2.05, 4.69) is 6.92 Å². The highest BCUT2D eigenvalue weighted by molar-refractivity contribution is 5.96. The number of rotatable bonds is 2. The average molecular weight is 299 g/mol. The Hall–Kier alpha value is -1.26. The summed E-state index contributed by atoms with van der Waals surface area (Å²) in [5.41, 5.74) is 8.09. The van der Waals surface area contributed by atoms with Gasteiger partial charge in [-0.3, -0.25) is 4.79 Å². The molecule has 4 nitrogen and oxygen atoms in total. The zero-order valence-electron chi connectivity index (χ0n) is 12.3. The van der Waals surface area contributed by atoms with Gasteiger partial charge in [-0.15, -0.1) is 12.4 Å². The zero-order chi connectivity index (χ0) is 14.0. The summed E-state index contributed by atoms with van der Waals surface area (Å²) in [4.78, 5) is 14.6. The van der Waals surface area contributed by atoms with Gasteiger partial charge < -0.3 is 15.4 Å². The fourth-order valence-electron chi connectivity index (χ4n) is 2.46. The van der Waals surface area contributed by atoms with Crippen LogP contribution in [0.5, 0.6) is 0 Å². The Kier molecular flexibility index (Phi) is 5.84. The monoisotopic (exact) mass is 298 g/mol. The van der Waals surface area contributed by atoms with E-state index in [4.69, 9.17) is 10.5 Å². The SMILES string of the molecule is CCC1COC(C)CN1C(=O)c1cc(N)ccc1C.Cl. The van der Waals surface area contributed by atoms with Gasteiger partial charge in [-0.25, -0.2) is 0 Å². The molecule has 5 heteroatoms. The summed E-state index contributed by atoms with van der Waals surface area (Å²) in [5, 5.41) is 0. The number of carbonyl (C=O) groups excluding carboxylic acids is 1. The van der Waals surface area contributed by atoms with Gasteiger partial charge in [0.05, 0.1) is 18.8 Å². The third-order valence-corrected chi connectivity index (χ3v) is 3.69. The smallest absolute Gasteiger partial charge is 0.254 e. The molecule has 1 aliphatic rings. The maximum Gasteiger partial charge on any atom is 0.254 e. The number of anilines is 1. The van der Waals surface area contributed by atoms with Crippen molar-refractivity contribution in [2.45, 2.75) is 39.3 Å². The summed E-state index contributed by atoms with van der Waals surface area (Å²) in [6, 6.07) is 5.65. The number of hydrogen-bond donors (Lipinski definition) is 1. The molecule has 112 valence electrons. The molecule has 2 N–H and O–H groups in total. The number of hydrogen-bond acceptors (Lipinski definition) is 3. The Morgan fingerprint density at radius 2 is 2.20 bits per heavy atom. The van der Waals surface area contributed by atoms with Gasteiger partial charge >= 0.3 is 0 Å². The normalized spacial score (nSPS) is 22.2. The fraction of sp³-hybridized carbons (Fsp3) is 0.533. The van der Waals surface area contributed by atoms with Crippen molar-refractivity contribution in [3.63, 3.8) is 0 Å². The number of aryl methyl sites for hydroxylation is 1. The van der Waals surface area contributed by atoms with E-state index >= 15 is 0 Å². The topological polar surface area (TPSA) is 55.6 Å². The van der Waals surface area contributed by atoms with Crippen LogP contribution in [0.4, 0.5) is 5.69 Å². The van der Waals surface area contributed by atoms with Crippen molar-refractivity contribution in [3.8, 4) is 0 Å². The van der Waals surface area contributed by atoms with Crippen molar-refractivity contribution in [2.24, 2.45) is 0 Å². The molecule has 1 aliphatic heterocycles. The number of nitrogen functional groups attached to an aromatic ring is 1. The number of nitrogens with two attached hydrogens (primary N) is 1. The molecule has 1 saturated heterocycles. The van der Waals surface area contributed by atoms with Gasteiger partial charge in [0, 0.05) is 17.8 Å². The maximum absolute atomic E-state index is 12.7. The maximum atomic E-state index is 12.7. The quantitative estimate of drug-likeness (QED) is 0.854. The van der Waals surface area contributed by atoms with Gasteiger partial charge in [-0.05, 0) is 38.0 Å². The third-order valence-electron chi connectivity index (χ3n) is 3.69. The van der Waals surface area contributed by atoms with Crippen LogP contribution >= 0.6 is 12.4 Å². The minimum absolute atomic E-state index is 0. The second kappa shape index (κ2) is 6.95. The Labute approximate surface area is 126 Å². The van der Waals surface area contributed by atoms with Gasteiger partial charge in [-0.1, -0.05) is 13.0 Å². The van der Waals surface area contributed by atoms with E-state index in [0.29, 0.717) is 24.4 Å². The summed E-state index contributed by atoms with van der Waals surface area (Å²) in [5.74, 6) is 0.0619. The summed E-state index contributed by atoms with van der Waals surface area (Å²) < 4.78 is 5.63. The minimum atomic E-state index is 0. The standard InChI is InChI=1S/C15H22N2O2.ClH/c1-4-13-9-19-11(3)8-17(13)15(18)14-7-12(16)6-5-10(14)2;/h5-7,11,13H,4,8-9,16H2,1-3H3;1H. The van der Waals surface area contributed by atoms with Crippen molar-refractivity contribution >= 4 is 24.0 Å². The summed E-state index contributed by atoms with van der Waals surface area (Å²) >= 11 is 0. The highest BCUT2D eigenvalue weighted by Crippen LogP contribution is 2.21. The molecule has 1 heterocycles. The van der Waals surface area contributed by atoms with E-state index < -0.39 is 0 Å². The van der Waals surface area contributed by atoms with Gasteiger partial charge in [0.2, 0.25) is 0 Å². The predicted molar refractivity (Wildman–Crippen MR) is 83.4 cm³/mol. The van der Waals surface area contributed by atoms with Gasteiger partial charge in [-0.2, -0.15) is 0 Å². The summed E-state index contributed by atoms with van der Waals surface area (Å²) in [6.07, 6.45) is 0.993. The Bertz CT molecular complexity index is 479. The van der Waals surface area contributed by atoms with Crippen LogP contribution in [0.25, 0.3) is 0 Å². The number of nitrogens with zero attached hydrogens (tertiary/aromatic N) is 1. The van der Waals surface area contributed by atoms with Gasteiger partial charge in [0.1, 0.15) is 0 Å². The highest BCUT2D eigenvalue weighted by Gasteiger charge is 2.30. The molecule has 2 unspecified atom stereocenters. The lowest BCUT2D eigenvalue weighted by atomic mass is 10.0. The summed E-state index contributed by atoms with van der Waals surface area (Å²) in [6.45, 7) is 7.28. The molecular formula is C15H23ClN2O2. The van der Waals surface area contributed by atoms with Crippen LogP contribution < -0.4 is 5.73 Å². The lowest BCUT2D eigenvalue weighted by Crippen LogP contribution is -2.51. The largest absolute Gasteiger partial charge is 0.399 e. The lowest BCUT2D eigenvalue weighted by Gasteiger charge is -2.38. The second-order valence-electron chi connectivity index (χ2n) is 5.24. The van der Waals surface area contributed by atoms with Crippen LogP contribution in [0, 0.1) is 6.92 Å². The van der Waals surface area contributed by atoms with Crippen molar-refractivity contribution in [1.29, 1.82) is 0 Å². The van der Waals surface area contributed by atoms with Crippen LogP contribution in [-0.2, 0) is 4.74 Å². The zero-order valence-corrected chi connectivity index (χ0v) is 13.1. The molecule has 0 spiro atoms. The number of morpholine rings is 1. The number of halogens is 1. The Morgan fingerprint density at radius 1 is 1.50 bits per heavy atom. The van der Waals surface area contributed by atoms with E-state index in [0.717, 1.165) is 12.0 Å². The minimum Gasteiger partial charge on any atom is -0.399 e. The van der Waals surface area contributed by atoms with E-state index in [-0.39, 0.29) is 30.5 Å². The fourth-order valence-corrected chi connectivity index (χ4v) is 2.46. The molecule has 0 aromatic heterocycles. The first-order chi connectivity index (χ1) is 9.02. The molecular weight excluding hydrogens is 276 g/mol. The molecule has 20 heavy (non-hydrogen) atoms. The van der Waals surface area contributed by atoms with E-state index in [1.165, 1.54) is 0 Å². The van der Waals surface area contributed by atoms with Gasteiger partial charge in [0.25, 0.3) is 5.91 Å². The van der Waals surface area contributed by atoms with E-state index in [1.807, 2.05) is 30.9 Å². The average Bonchev–Trinajstić information content (AvgIpc) is 2.40. The molecule has 0 aliphatic carbocycles. The lowest BCUT2D eigenvalue weighted by molar-refractivity contribution is -0.0444. The molecule has 1 amide bonds. The molecule has 1 aromatic carbocycles. The number of ether oxygens (including phenoxy) is 1. The number of benzene rings is 1. The first kappa shape index (κ1) is 16.8. The molecule has 2 atom stereocenters. The molecule has 0 saturated carbocycles. The van der Waals surface area contributed by atoms with Crippen molar-refractivity contribution in [2.75, 3.05) is 18.9 Å². The molecule has 1 aromatic rings. The van der Waals surface area contributed by atoms with Crippen LogP contribution in [0.3, 0.4) is 0 Å². The van der Waals surface area contributed by atoms with Crippen molar-refractivity contribution in [3.05, 3.63) is 29.3 Å². The van der Waals surface area contributed by atoms with Crippen LogP contribution in [0.1, 0.15) is 36.2 Å². The molecule has 2 rings (SSSR count). The van der Waals surface area contributed by atoms with Crippen molar-refractivity contribution in [1.82, 2.24) is 4.90 Å². The second-order valence-corrected chi connectivity index (χ2v) is 5.24. The van der Waals surface area contributed by atoms with E-state index in [1.54, 1.807) is 6.07 Å². The first-order valence-corrected chi connectivity index (χ1v) is 6.81. The van der Waals surface area contributed by atoms with Crippen LogP contribution in [0.15, 0.2) is 18.2 Å². The Balaban J connectivity index is 0.00000200. The molecule has 0 bridgehead atoms. The van der Waals surface area contributed by atoms with Gasteiger partial charge in [0.15, 0.2) is 0 Å². The number of carbonyl (C=O) groups is 1. The third kappa shape index (κ3) is 3.44. The van der Waals surface area contributed by atoms with E-state index in [9.17, 15) is 4.79 Å². The highest BCUT2D eigenvalue weighted by atomic mass is 35.5.